The molecule has 1 rings (SSSR count). The van der Waals surface area contributed by atoms with Crippen molar-refractivity contribution >= 4 is 54.5 Å². The highest BCUT2D eigenvalue weighted by molar-refractivity contribution is 14.1. The van der Waals surface area contributed by atoms with Crippen LogP contribution in [0, 0.1) is 3.57 Å². The van der Waals surface area contributed by atoms with Crippen LogP contribution in [0.15, 0.2) is 21.5 Å². The van der Waals surface area contributed by atoms with Gasteiger partial charge in [-0.05, 0) is 50.7 Å². The van der Waals surface area contributed by atoms with Gasteiger partial charge in [0.05, 0.1) is 17.6 Å². The minimum Gasteiger partial charge on any atom is -0.465 e. The van der Waals surface area contributed by atoms with Gasteiger partial charge in [-0.3, -0.25) is 0 Å². The molecule has 0 aliphatic rings. The van der Waals surface area contributed by atoms with Crippen molar-refractivity contribution in [2.45, 2.75) is 4.90 Å². The Morgan fingerprint density at radius 3 is 2.50 bits per heavy atom. The Kier molecular flexibility index (Phi) is 4.32. The zero-order valence-corrected chi connectivity index (χ0v) is 12.6. The Balaban J connectivity index is 3.52. The van der Waals surface area contributed by atoms with Gasteiger partial charge in [0.15, 0.2) is 0 Å². The van der Waals surface area contributed by atoms with Crippen molar-refractivity contribution in [2.24, 2.45) is 5.14 Å². The largest absolute Gasteiger partial charge is 0.465 e. The van der Waals surface area contributed by atoms with E-state index in [-0.39, 0.29) is 10.5 Å². The van der Waals surface area contributed by atoms with Crippen LogP contribution in [0.3, 0.4) is 0 Å². The smallest absolute Gasteiger partial charge is 0.337 e. The fourth-order valence-electron chi connectivity index (χ4n) is 1.01. The average molecular weight is 420 g/mol. The predicted octanol–water partition coefficient (Wildman–Crippen LogP) is 1.49. The number of carbonyl (C=O) groups excluding carboxylic acids is 1. The lowest BCUT2D eigenvalue weighted by Gasteiger charge is -2.07. The van der Waals surface area contributed by atoms with Crippen molar-refractivity contribution in [1.82, 2.24) is 0 Å². The molecule has 0 heterocycles. The van der Waals surface area contributed by atoms with E-state index >= 15 is 0 Å². The van der Waals surface area contributed by atoms with E-state index in [4.69, 9.17) is 5.14 Å². The third kappa shape index (κ3) is 2.93. The van der Waals surface area contributed by atoms with E-state index in [1.165, 1.54) is 19.2 Å². The second kappa shape index (κ2) is 4.98. The van der Waals surface area contributed by atoms with E-state index in [2.05, 4.69) is 20.7 Å². The molecular weight excluding hydrogens is 413 g/mol. The van der Waals surface area contributed by atoms with Crippen molar-refractivity contribution in [1.29, 1.82) is 0 Å². The molecule has 0 amide bonds. The van der Waals surface area contributed by atoms with Crippen molar-refractivity contribution < 1.29 is 17.9 Å². The van der Waals surface area contributed by atoms with Gasteiger partial charge in [0, 0.05) is 8.04 Å². The predicted molar refractivity (Wildman–Crippen MR) is 69.6 cm³/mol. The summed E-state index contributed by atoms with van der Waals surface area (Å²) in [6.07, 6.45) is 0. The highest BCUT2D eigenvalue weighted by Crippen LogP contribution is 2.27. The zero-order chi connectivity index (χ0) is 12.5. The first kappa shape index (κ1) is 13.9. The van der Waals surface area contributed by atoms with Gasteiger partial charge in [0.2, 0.25) is 10.0 Å². The summed E-state index contributed by atoms with van der Waals surface area (Å²) in [7, 11) is -2.65. The molecule has 16 heavy (non-hydrogen) atoms. The lowest BCUT2D eigenvalue weighted by atomic mass is 10.2. The van der Waals surface area contributed by atoms with Crippen LogP contribution < -0.4 is 5.14 Å². The van der Waals surface area contributed by atoms with Crippen LogP contribution in [0.5, 0.6) is 0 Å². The molecule has 5 nitrogen and oxygen atoms in total. The van der Waals surface area contributed by atoms with E-state index in [9.17, 15) is 13.2 Å². The fourth-order valence-corrected chi connectivity index (χ4v) is 3.48. The molecule has 1 aromatic carbocycles. The first-order valence-electron chi connectivity index (χ1n) is 3.87. The second-order valence-electron chi connectivity index (χ2n) is 2.81. The molecule has 88 valence electrons. The SMILES string of the molecule is COC(=O)c1cc(Br)c(I)c(S(N)(=O)=O)c1. The summed E-state index contributed by atoms with van der Waals surface area (Å²) < 4.78 is 27.9. The van der Waals surface area contributed by atoms with E-state index in [1.807, 2.05) is 22.6 Å². The number of sulfonamides is 1. The number of benzene rings is 1. The summed E-state index contributed by atoms with van der Waals surface area (Å²) in [4.78, 5) is 11.2. The van der Waals surface area contributed by atoms with Gasteiger partial charge >= 0.3 is 5.97 Å². The molecule has 0 radical (unpaired) electrons. The van der Waals surface area contributed by atoms with Gasteiger partial charge in [-0.2, -0.15) is 0 Å². The summed E-state index contributed by atoms with van der Waals surface area (Å²) in [5.41, 5.74) is 0.124. The lowest BCUT2D eigenvalue weighted by molar-refractivity contribution is 0.0600. The Bertz CT molecular complexity index is 543. The van der Waals surface area contributed by atoms with Crippen LogP contribution in [0.2, 0.25) is 0 Å². The van der Waals surface area contributed by atoms with Crippen molar-refractivity contribution in [3.05, 3.63) is 25.7 Å². The van der Waals surface area contributed by atoms with E-state index in [0.29, 0.717) is 8.04 Å². The molecule has 0 aliphatic carbocycles. The number of methoxy groups -OCH3 is 1. The average Bonchev–Trinajstić information content (AvgIpc) is 2.18. The van der Waals surface area contributed by atoms with Crippen LogP contribution in [-0.4, -0.2) is 21.5 Å². The lowest BCUT2D eigenvalue weighted by Crippen LogP contribution is -2.15. The summed E-state index contributed by atoms with van der Waals surface area (Å²) in [5.74, 6) is -0.623. The normalized spacial score (nSPS) is 11.2. The van der Waals surface area contributed by atoms with Crippen molar-refractivity contribution in [3.63, 3.8) is 0 Å². The number of rotatable bonds is 2. The minimum absolute atomic E-state index is 0.108. The van der Waals surface area contributed by atoms with E-state index < -0.39 is 16.0 Å². The van der Waals surface area contributed by atoms with Crippen molar-refractivity contribution in [2.75, 3.05) is 7.11 Å². The molecule has 2 N–H and O–H groups in total. The summed E-state index contributed by atoms with van der Waals surface area (Å²) >= 11 is 4.98. The molecule has 0 saturated heterocycles. The van der Waals surface area contributed by atoms with Gasteiger partial charge in [0.1, 0.15) is 0 Å². The van der Waals surface area contributed by atoms with Crippen LogP contribution in [0.1, 0.15) is 10.4 Å². The molecule has 0 aliphatic heterocycles. The van der Waals surface area contributed by atoms with Gasteiger partial charge in [-0.25, -0.2) is 18.4 Å². The van der Waals surface area contributed by atoms with Crippen molar-refractivity contribution in [3.8, 4) is 0 Å². The third-order valence-electron chi connectivity index (χ3n) is 1.72. The maximum Gasteiger partial charge on any atom is 0.337 e. The van der Waals surface area contributed by atoms with Gasteiger partial charge in [0.25, 0.3) is 0 Å². The molecule has 8 heteroatoms. The first-order valence-corrected chi connectivity index (χ1v) is 7.29. The maximum atomic E-state index is 11.3. The monoisotopic (exact) mass is 419 g/mol. The van der Waals surface area contributed by atoms with Crippen LogP contribution in [0.25, 0.3) is 0 Å². The molecule has 1 aromatic rings. The maximum absolute atomic E-state index is 11.3. The first-order chi connectivity index (χ1) is 7.27. The third-order valence-corrected chi connectivity index (χ3v) is 5.55. The molecule has 0 fully saturated rings. The summed E-state index contributed by atoms with van der Waals surface area (Å²) in [6.45, 7) is 0. The number of nitrogens with two attached hydrogens (primary N) is 1. The highest BCUT2D eigenvalue weighted by atomic mass is 127. The van der Waals surface area contributed by atoms with Crippen LogP contribution >= 0.6 is 38.5 Å². The Morgan fingerprint density at radius 2 is 2.06 bits per heavy atom. The molecule has 0 spiro atoms. The molecule has 0 atom stereocenters. The minimum atomic E-state index is -3.87. The van der Waals surface area contributed by atoms with E-state index in [0.717, 1.165) is 0 Å². The number of esters is 1. The Labute approximate surface area is 115 Å². The zero-order valence-electron chi connectivity index (χ0n) is 8.03. The Hall–Kier alpha value is -0.190. The number of primary sulfonamides is 1. The van der Waals surface area contributed by atoms with Gasteiger partial charge < -0.3 is 4.74 Å². The number of carbonyl (C=O) groups is 1. The number of halogens is 2. The topological polar surface area (TPSA) is 86.5 Å². The summed E-state index contributed by atoms with van der Waals surface area (Å²) in [5, 5.41) is 5.03. The van der Waals surface area contributed by atoms with E-state index in [1.54, 1.807) is 0 Å². The number of hydrogen-bond donors (Lipinski definition) is 1. The molecular formula is C8H7BrINO4S. The Morgan fingerprint density at radius 1 is 1.50 bits per heavy atom. The quantitative estimate of drug-likeness (QED) is 0.581. The van der Waals surface area contributed by atoms with Crippen LogP contribution in [0.4, 0.5) is 0 Å². The fraction of sp³-hybridized carbons (Fsp3) is 0.125. The number of hydrogen-bond acceptors (Lipinski definition) is 4. The summed E-state index contributed by atoms with van der Waals surface area (Å²) in [6, 6.07) is 2.66. The molecule has 0 unspecified atom stereocenters. The second-order valence-corrected chi connectivity index (χ2v) is 6.27. The molecule has 0 bridgehead atoms. The van der Waals surface area contributed by atoms with Crippen LogP contribution in [-0.2, 0) is 14.8 Å². The number of ether oxygens (including phenoxy) is 1. The standard InChI is InChI=1S/C8H7BrINO4S/c1-15-8(12)4-2-5(9)7(10)6(3-4)16(11,13)14/h2-3H,1H3,(H2,11,13,14). The van der Waals surface area contributed by atoms with Gasteiger partial charge in [-0.1, -0.05) is 0 Å². The van der Waals surface area contributed by atoms with Gasteiger partial charge in [-0.15, -0.1) is 0 Å². The molecule has 0 aromatic heterocycles. The highest BCUT2D eigenvalue weighted by Gasteiger charge is 2.19. The molecule has 0 saturated carbocycles.